The van der Waals surface area contributed by atoms with Gasteiger partial charge in [-0.15, -0.1) is 0 Å². The molecule has 3 nitrogen and oxygen atoms in total. The Morgan fingerprint density at radius 1 is 1.33 bits per heavy atom. The number of carbonyl (C=O) groups is 1. The van der Waals surface area contributed by atoms with Crippen molar-refractivity contribution in [2.45, 2.75) is 44.8 Å². The Balaban J connectivity index is 1.73. The summed E-state index contributed by atoms with van der Waals surface area (Å²) in [5.74, 6) is 0.287. The smallest absolute Gasteiger partial charge is 0.240 e. The van der Waals surface area contributed by atoms with Crippen molar-refractivity contribution >= 4 is 5.91 Å². The van der Waals surface area contributed by atoms with Crippen LogP contribution in [0.25, 0.3) is 0 Å². The van der Waals surface area contributed by atoms with Gasteiger partial charge in [0.05, 0.1) is 6.04 Å². The van der Waals surface area contributed by atoms with Crippen molar-refractivity contribution in [2.75, 3.05) is 6.54 Å². The molecule has 1 heterocycles. The number of hydrogen-bond acceptors (Lipinski definition) is 2. The average Bonchev–Trinajstić information content (AvgIpc) is 3.23. The molecule has 1 fully saturated rings. The van der Waals surface area contributed by atoms with E-state index in [-0.39, 0.29) is 11.9 Å². The Bertz CT molecular complexity index is 454. The molecule has 0 aromatic heterocycles. The molecule has 1 aromatic rings. The molecule has 0 radical (unpaired) electrons. The van der Waals surface area contributed by atoms with Crippen molar-refractivity contribution in [2.24, 2.45) is 0 Å². The summed E-state index contributed by atoms with van der Waals surface area (Å²) in [5, 5.41) is 3.38. The zero-order valence-electron chi connectivity index (χ0n) is 10.9. The van der Waals surface area contributed by atoms with Gasteiger partial charge in [-0.05, 0) is 37.3 Å². The van der Waals surface area contributed by atoms with Gasteiger partial charge in [-0.3, -0.25) is 4.79 Å². The van der Waals surface area contributed by atoms with Crippen LogP contribution in [0.2, 0.25) is 0 Å². The van der Waals surface area contributed by atoms with E-state index in [4.69, 9.17) is 0 Å². The lowest BCUT2D eigenvalue weighted by atomic mass is 9.95. The van der Waals surface area contributed by atoms with Gasteiger partial charge >= 0.3 is 0 Å². The highest BCUT2D eigenvalue weighted by Crippen LogP contribution is 2.28. The van der Waals surface area contributed by atoms with E-state index in [0.29, 0.717) is 6.04 Å². The Morgan fingerprint density at radius 3 is 2.72 bits per heavy atom. The number of nitrogens with one attached hydrogen (secondary N) is 1. The second kappa shape index (κ2) is 4.73. The van der Waals surface area contributed by atoms with E-state index in [1.807, 2.05) is 4.90 Å². The number of amides is 1. The lowest BCUT2D eigenvalue weighted by Gasteiger charge is -2.30. The topological polar surface area (TPSA) is 32.3 Å². The van der Waals surface area contributed by atoms with E-state index >= 15 is 0 Å². The molecule has 0 saturated heterocycles. The van der Waals surface area contributed by atoms with Crippen LogP contribution in [0.4, 0.5) is 0 Å². The SMILES string of the molecule is CCN(C(=O)[C@H]1Cc2ccccc2CN1)C1CC1. The fraction of sp³-hybridized carbons (Fsp3) is 0.533. The van der Waals surface area contributed by atoms with Gasteiger partial charge in [0.15, 0.2) is 0 Å². The third-order valence-electron chi connectivity index (χ3n) is 3.99. The van der Waals surface area contributed by atoms with Gasteiger partial charge in [0.2, 0.25) is 5.91 Å². The number of carbonyl (C=O) groups excluding carboxylic acids is 1. The molecule has 1 amide bonds. The first kappa shape index (κ1) is 11.7. The summed E-state index contributed by atoms with van der Waals surface area (Å²) in [6.07, 6.45) is 3.20. The van der Waals surface area contributed by atoms with Crippen molar-refractivity contribution in [3.05, 3.63) is 35.4 Å². The first-order valence-electron chi connectivity index (χ1n) is 6.90. The van der Waals surface area contributed by atoms with Crippen LogP contribution in [0.1, 0.15) is 30.9 Å². The minimum absolute atomic E-state index is 0.0274. The maximum Gasteiger partial charge on any atom is 0.240 e. The lowest BCUT2D eigenvalue weighted by molar-refractivity contribution is -0.134. The number of fused-ring (bicyclic) bond motifs is 1. The van der Waals surface area contributed by atoms with Gasteiger partial charge in [-0.2, -0.15) is 0 Å². The summed E-state index contributed by atoms with van der Waals surface area (Å²) in [5.41, 5.74) is 2.65. The molecule has 18 heavy (non-hydrogen) atoms. The van der Waals surface area contributed by atoms with E-state index in [0.717, 1.165) is 19.5 Å². The molecule has 1 aromatic carbocycles. The molecule has 1 atom stereocenters. The number of rotatable bonds is 3. The van der Waals surface area contributed by atoms with E-state index in [1.54, 1.807) is 0 Å². The maximum absolute atomic E-state index is 12.5. The van der Waals surface area contributed by atoms with Crippen LogP contribution in [0.3, 0.4) is 0 Å². The van der Waals surface area contributed by atoms with Crippen molar-refractivity contribution < 1.29 is 4.79 Å². The molecular weight excluding hydrogens is 224 g/mol. The van der Waals surface area contributed by atoms with Gasteiger partial charge in [0.1, 0.15) is 0 Å². The molecule has 3 heteroatoms. The van der Waals surface area contributed by atoms with E-state index in [1.165, 1.54) is 24.0 Å². The molecule has 3 rings (SSSR count). The number of likely N-dealkylation sites (N-methyl/N-ethyl adjacent to an activating group) is 1. The predicted octanol–water partition coefficient (Wildman–Crippen LogP) is 1.71. The van der Waals surface area contributed by atoms with E-state index in [2.05, 4.69) is 36.5 Å². The Morgan fingerprint density at radius 2 is 2.06 bits per heavy atom. The Hall–Kier alpha value is -1.35. The normalized spacial score (nSPS) is 22.4. The molecule has 96 valence electrons. The minimum atomic E-state index is -0.0274. The monoisotopic (exact) mass is 244 g/mol. The van der Waals surface area contributed by atoms with Crippen LogP contribution in [0.15, 0.2) is 24.3 Å². The third kappa shape index (κ3) is 2.15. The fourth-order valence-corrected chi connectivity index (χ4v) is 2.81. The average molecular weight is 244 g/mol. The number of hydrogen-bond donors (Lipinski definition) is 1. The maximum atomic E-state index is 12.5. The number of benzene rings is 1. The largest absolute Gasteiger partial charge is 0.339 e. The Kier molecular flexibility index (Phi) is 3.08. The van der Waals surface area contributed by atoms with Crippen LogP contribution in [0, 0.1) is 0 Å². The van der Waals surface area contributed by atoms with Crippen LogP contribution in [-0.2, 0) is 17.8 Å². The fourth-order valence-electron chi connectivity index (χ4n) is 2.81. The summed E-state index contributed by atoms with van der Waals surface area (Å²) < 4.78 is 0. The standard InChI is InChI=1S/C15H20N2O/c1-2-17(13-7-8-13)15(18)14-9-11-5-3-4-6-12(11)10-16-14/h3-6,13-14,16H,2,7-10H2,1H3/t14-/m1/s1. The zero-order valence-corrected chi connectivity index (χ0v) is 10.9. The van der Waals surface area contributed by atoms with Crippen molar-refractivity contribution in [3.63, 3.8) is 0 Å². The van der Waals surface area contributed by atoms with Crippen molar-refractivity contribution in [1.82, 2.24) is 10.2 Å². The summed E-state index contributed by atoms with van der Waals surface area (Å²) >= 11 is 0. The van der Waals surface area contributed by atoms with Crippen LogP contribution in [-0.4, -0.2) is 29.4 Å². The van der Waals surface area contributed by atoms with E-state index in [9.17, 15) is 4.79 Å². The quantitative estimate of drug-likeness (QED) is 0.878. The molecule has 1 saturated carbocycles. The van der Waals surface area contributed by atoms with Gasteiger partial charge in [-0.1, -0.05) is 24.3 Å². The molecule has 0 spiro atoms. The number of nitrogens with zero attached hydrogens (tertiary/aromatic N) is 1. The van der Waals surface area contributed by atoms with Gasteiger partial charge in [0.25, 0.3) is 0 Å². The third-order valence-corrected chi connectivity index (χ3v) is 3.99. The molecule has 1 aliphatic heterocycles. The highest BCUT2D eigenvalue weighted by Gasteiger charge is 2.35. The first-order valence-corrected chi connectivity index (χ1v) is 6.90. The van der Waals surface area contributed by atoms with Crippen LogP contribution < -0.4 is 5.32 Å². The summed E-state index contributed by atoms with van der Waals surface area (Å²) in [6, 6.07) is 8.89. The van der Waals surface area contributed by atoms with Crippen molar-refractivity contribution in [3.8, 4) is 0 Å². The van der Waals surface area contributed by atoms with Crippen molar-refractivity contribution in [1.29, 1.82) is 0 Å². The second-order valence-corrected chi connectivity index (χ2v) is 5.26. The molecule has 2 aliphatic rings. The summed E-state index contributed by atoms with van der Waals surface area (Å²) in [6.45, 7) is 3.73. The molecule has 1 aliphatic carbocycles. The molecule has 0 unspecified atom stereocenters. The van der Waals surface area contributed by atoms with Gasteiger partial charge < -0.3 is 10.2 Å². The van der Waals surface area contributed by atoms with Crippen LogP contribution >= 0.6 is 0 Å². The Labute approximate surface area is 108 Å². The minimum Gasteiger partial charge on any atom is -0.339 e. The second-order valence-electron chi connectivity index (χ2n) is 5.26. The van der Waals surface area contributed by atoms with Gasteiger partial charge in [-0.25, -0.2) is 0 Å². The highest BCUT2D eigenvalue weighted by molar-refractivity contribution is 5.83. The van der Waals surface area contributed by atoms with E-state index < -0.39 is 0 Å². The molecular formula is C15H20N2O. The lowest BCUT2D eigenvalue weighted by Crippen LogP contribution is -2.50. The molecule has 0 bridgehead atoms. The first-order chi connectivity index (χ1) is 8.79. The summed E-state index contributed by atoms with van der Waals surface area (Å²) in [7, 11) is 0. The molecule has 1 N–H and O–H groups in total. The predicted molar refractivity (Wildman–Crippen MR) is 71.2 cm³/mol. The summed E-state index contributed by atoms with van der Waals surface area (Å²) in [4.78, 5) is 14.5. The van der Waals surface area contributed by atoms with Crippen LogP contribution in [0.5, 0.6) is 0 Å². The van der Waals surface area contributed by atoms with Gasteiger partial charge in [0, 0.05) is 19.1 Å². The highest BCUT2D eigenvalue weighted by atomic mass is 16.2. The zero-order chi connectivity index (χ0) is 12.5.